The van der Waals surface area contributed by atoms with Gasteiger partial charge in [-0.2, -0.15) is 0 Å². The molecule has 2 aliphatic rings. The van der Waals surface area contributed by atoms with Gasteiger partial charge in [0.1, 0.15) is 12.1 Å². The fourth-order valence-corrected chi connectivity index (χ4v) is 3.66. The Morgan fingerprint density at radius 1 is 1.22 bits per heavy atom. The maximum absolute atomic E-state index is 13.9. The Morgan fingerprint density at radius 3 is 2.70 bits per heavy atom. The number of carbonyl (C=O) groups is 1. The molecular formula is C19H24FN5O2. The normalized spacial score (nSPS) is 21.0. The lowest BCUT2D eigenvalue weighted by molar-refractivity contribution is 0.0785. The zero-order chi connectivity index (χ0) is 18.8. The molecule has 0 aliphatic carbocycles. The van der Waals surface area contributed by atoms with Crippen molar-refractivity contribution in [3.05, 3.63) is 47.9 Å². The number of benzene rings is 1. The lowest BCUT2D eigenvalue weighted by Crippen LogP contribution is -2.46. The topological polar surface area (TPSA) is 78.8 Å². The van der Waals surface area contributed by atoms with Crippen molar-refractivity contribution in [1.82, 2.24) is 14.8 Å². The molecule has 0 radical (unpaired) electrons. The number of piperazine rings is 1. The predicted molar refractivity (Wildman–Crippen MR) is 98.9 cm³/mol. The summed E-state index contributed by atoms with van der Waals surface area (Å²) in [7, 11) is 0. The minimum atomic E-state index is -0.191. The van der Waals surface area contributed by atoms with Crippen LogP contribution in [0.25, 0.3) is 0 Å². The highest BCUT2D eigenvalue weighted by atomic mass is 19.1. The van der Waals surface area contributed by atoms with Crippen LogP contribution in [0.15, 0.2) is 34.9 Å². The molecule has 27 heavy (non-hydrogen) atoms. The average molecular weight is 373 g/mol. The van der Waals surface area contributed by atoms with Crippen molar-refractivity contribution in [2.75, 3.05) is 44.2 Å². The molecular weight excluding hydrogens is 349 g/mol. The molecule has 4 rings (SSSR count). The summed E-state index contributed by atoms with van der Waals surface area (Å²) in [6, 6.07) is 6.89. The van der Waals surface area contributed by atoms with Crippen LogP contribution in [0.1, 0.15) is 22.8 Å². The third kappa shape index (κ3) is 3.96. The van der Waals surface area contributed by atoms with E-state index in [0.29, 0.717) is 36.9 Å². The van der Waals surface area contributed by atoms with E-state index in [2.05, 4.69) is 9.88 Å². The largest absolute Gasteiger partial charge is 0.447 e. The number of hydrogen-bond donors (Lipinski definition) is 1. The molecule has 2 aromatic rings. The third-order valence-corrected chi connectivity index (χ3v) is 5.21. The van der Waals surface area contributed by atoms with Gasteiger partial charge in [-0.15, -0.1) is 0 Å². The molecule has 2 N–H and O–H groups in total. The van der Waals surface area contributed by atoms with Crippen LogP contribution in [0, 0.1) is 5.82 Å². The SMILES string of the molecule is NC1CCN(C(=O)c2coc(CN3CCN(c4ccccc4F)CC3)n2)C1. The number of rotatable bonds is 4. The van der Waals surface area contributed by atoms with Crippen LogP contribution < -0.4 is 10.6 Å². The van der Waals surface area contributed by atoms with Crippen molar-refractivity contribution in [3.63, 3.8) is 0 Å². The Labute approximate surface area is 157 Å². The maximum atomic E-state index is 13.9. The smallest absolute Gasteiger partial charge is 0.275 e. The Kier molecular flexibility index (Phi) is 5.09. The van der Waals surface area contributed by atoms with E-state index in [1.165, 1.54) is 12.3 Å². The van der Waals surface area contributed by atoms with Crippen molar-refractivity contribution >= 4 is 11.6 Å². The second-order valence-electron chi connectivity index (χ2n) is 7.14. The van der Waals surface area contributed by atoms with Gasteiger partial charge in [0.2, 0.25) is 5.89 Å². The average Bonchev–Trinajstić information content (AvgIpc) is 3.32. The van der Waals surface area contributed by atoms with E-state index in [1.54, 1.807) is 17.0 Å². The van der Waals surface area contributed by atoms with Crippen LogP contribution in [-0.4, -0.2) is 66.0 Å². The van der Waals surface area contributed by atoms with E-state index >= 15 is 0 Å². The molecule has 3 heterocycles. The van der Waals surface area contributed by atoms with Gasteiger partial charge in [-0.25, -0.2) is 9.37 Å². The van der Waals surface area contributed by atoms with Crippen molar-refractivity contribution in [2.24, 2.45) is 5.73 Å². The molecule has 7 nitrogen and oxygen atoms in total. The molecule has 8 heteroatoms. The van der Waals surface area contributed by atoms with Gasteiger partial charge in [0.25, 0.3) is 5.91 Å². The molecule has 144 valence electrons. The molecule has 1 aromatic carbocycles. The molecule has 0 bridgehead atoms. The molecule has 1 unspecified atom stereocenters. The number of oxazole rings is 1. The van der Waals surface area contributed by atoms with Crippen LogP contribution in [0.5, 0.6) is 0 Å². The molecule has 1 aromatic heterocycles. The Balaban J connectivity index is 1.31. The number of nitrogens with zero attached hydrogens (tertiary/aromatic N) is 4. The maximum Gasteiger partial charge on any atom is 0.275 e. The Morgan fingerprint density at radius 2 is 2.00 bits per heavy atom. The van der Waals surface area contributed by atoms with Gasteiger partial charge in [0, 0.05) is 45.3 Å². The van der Waals surface area contributed by atoms with Gasteiger partial charge in [-0.3, -0.25) is 9.69 Å². The van der Waals surface area contributed by atoms with E-state index in [-0.39, 0.29) is 17.8 Å². The first-order valence-corrected chi connectivity index (χ1v) is 9.31. The first-order valence-electron chi connectivity index (χ1n) is 9.31. The van der Waals surface area contributed by atoms with E-state index in [4.69, 9.17) is 10.2 Å². The number of likely N-dealkylation sites (tertiary alicyclic amines) is 1. The van der Waals surface area contributed by atoms with Crippen LogP contribution in [0.2, 0.25) is 0 Å². The molecule has 2 aliphatic heterocycles. The third-order valence-electron chi connectivity index (χ3n) is 5.21. The van der Waals surface area contributed by atoms with E-state index in [9.17, 15) is 9.18 Å². The zero-order valence-corrected chi connectivity index (χ0v) is 15.2. The summed E-state index contributed by atoms with van der Waals surface area (Å²) in [5, 5.41) is 0. The molecule has 2 saturated heterocycles. The van der Waals surface area contributed by atoms with Gasteiger partial charge < -0.3 is 20.0 Å². The number of carbonyl (C=O) groups excluding carboxylic acids is 1. The van der Waals surface area contributed by atoms with Gasteiger partial charge >= 0.3 is 0 Å². The van der Waals surface area contributed by atoms with Crippen LogP contribution in [0.3, 0.4) is 0 Å². The fourth-order valence-electron chi connectivity index (χ4n) is 3.66. The van der Waals surface area contributed by atoms with Crippen LogP contribution >= 0.6 is 0 Å². The van der Waals surface area contributed by atoms with Crippen LogP contribution in [0.4, 0.5) is 10.1 Å². The molecule has 0 saturated carbocycles. The second kappa shape index (κ2) is 7.66. The van der Waals surface area contributed by atoms with Crippen LogP contribution in [-0.2, 0) is 6.54 Å². The first kappa shape index (κ1) is 17.9. The highest BCUT2D eigenvalue weighted by Gasteiger charge is 2.27. The lowest BCUT2D eigenvalue weighted by Gasteiger charge is -2.35. The highest BCUT2D eigenvalue weighted by molar-refractivity contribution is 5.92. The summed E-state index contributed by atoms with van der Waals surface area (Å²) in [4.78, 5) is 22.7. The van der Waals surface area contributed by atoms with Gasteiger partial charge in [0.15, 0.2) is 5.69 Å². The number of aromatic nitrogens is 1. The van der Waals surface area contributed by atoms with E-state index in [1.807, 2.05) is 11.0 Å². The number of halogens is 1. The van der Waals surface area contributed by atoms with Crippen molar-refractivity contribution < 1.29 is 13.6 Å². The first-order chi connectivity index (χ1) is 13.1. The summed E-state index contributed by atoms with van der Waals surface area (Å²) >= 11 is 0. The van der Waals surface area contributed by atoms with Crippen molar-refractivity contribution in [1.29, 1.82) is 0 Å². The van der Waals surface area contributed by atoms with Gasteiger partial charge in [-0.05, 0) is 18.6 Å². The summed E-state index contributed by atoms with van der Waals surface area (Å²) < 4.78 is 19.4. The number of nitrogens with two attached hydrogens (primary N) is 1. The monoisotopic (exact) mass is 373 g/mol. The quantitative estimate of drug-likeness (QED) is 0.871. The summed E-state index contributed by atoms with van der Waals surface area (Å²) in [5.41, 5.74) is 6.84. The summed E-state index contributed by atoms with van der Waals surface area (Å²) in [6.45, 7) is 4.80. The minimum Gasteiger partial charge on any atom is -0.447 e. The Bertz CT molecular complexity index is 803. The van der Waals surface area contributed by atoms with Crippen molar-refractivity contribution in [2.45, 2.75) is 19.0 Å². The number of para-hydroxylation sites is 1. The predicted octanol–water partition coefficient (Wildman–Crippen LogP) is 1.31. The zero-order valence-electron chi connectivity index (χ0n) is 15.2. The molecule has 1 amide bonds. The van der Waals surface area contributed by atoms with E-state index in [0.717, 1.165) is 32.6 Å². The van der Waals surface area contributed by atoms with Crippen molar-refractivity contribution in [3.8, 4) is 0 Å². The fraction of sp³-hybridized carbons (Fsp3) is 0.474. The van der Waals surface area contributed by atoms with E-state index < -0.39 is 0 Å². The Hall–Kier alpha value is -2.45. The highest BCUT2D eigenvalue weighted by Crippen LogP contribution is 2.21. The molecule has 2 fully saturated rings. The number of hydrogen-bond acceptors (Lipinski definition) is 6. The van der Waals surface area contributed by atoms with Gasteiger partial charge in [-0.1, -0.05) is 12.1 Å². The van der Waals surface area contributed by atoms with Gasteiger partial charge in [0.05, 0.1) is 12.2 Å². The second-order valence-corrected chi connectivity index (χ2v) is 7.14. The summed E-state index contributed by atoms with van der Waals surface area (Å²) in [6.07, 6.45) is 2.25. The standard InChI is InChI=1S/C19H24FN5O2/c20-15-3-1-2-4-17(15)24-9-7-23(8-10-24)12-18-22-16(13-27-18)19(26)25-6-5-14(21)11-25/h1-4,13-14H,5-12,21H2. The summed E-state index contributed by atoms with van der Waals surface area (Å²) in [5.74, 6) is 0.215. The molecule has 1 atom stereocenters. The molecule has 0 spiro atoms. The number of amides is 1. The lowest BCUT2D eigenvalue weighted by atomic mass is 10.2. The minimum absolute atomic E-state index is 0.0473. The number of anilines is 1.